The SMILES string of the molecule is O=C(NC1CCCC1)N[C@H]1CC(=O)N(c2ccc3c(c2)OCCO3)C1. The van der Waals surface area contributed by atoms with Crippen molar-refractivity contribution in [1.82, 2.24) is 10.6 Å². The predicted octanol–water partition coefficient (Wildman–Crippen LogP) is 1.80. The summed E-state index contributed by atoms with van der Waals surface area (Å²) in [5.41, 5.74) is 0.773. The molecule has 0 radical (unpaired) electrons. The number of nitrogens with one attached hydrogen (secondary N) is 2. The second-order valence-electron chi connectivity index (χ2n) is 6.83. The van der Waals surface area contributed by atoms with E-state index < -0.39 is 0 Å². The van der Waals surface area contributed by atoms with Crippen LogP contribution in [0.5, 0.6) is 11.5 Å². The molecule has 1 aromatic carbocycles. The molecule has 1 aliphatic carbocycles. The van der Waals surface area contributed by atoms with Crippen LogP contribution in [0.15, 0.2) is 18.2 Å². The Balaban J connectivity index is 1.37. The van der Waals surface area contributed by atoms with Gasteiger partial charge in [0.2, 0.25) is 5.91 Å². The summed E-state index contributed by atoms with van der Waals surface area (Å²) in [7, 11) is 0. The molecule has 0 spiro atoms. The van der Waals surface area contributed by atoms with Gasteiger partial charge in [0.1, 0.15) is 13.2 Å². The lowest BCUT2D eigenvalue weighted by molar-refractivity contribution is -0.117. The molecule has 7 nitrogen and oxygen atoms in total. The molecule has 0 aromatic heterocycles. The van der Waals surface area contributed by atoms with Gasteiger partial charge in [-0.15, -0.1) is 0 Å². The van der Waals surface area contributed by atoms with Crippen LogP contribution in [0, 0.1) is 0 Å². The van der Waals surface area contributed by atoms with Crippen molar-refractivity contribution in [2.45, 2.75) is 44.2 Å². The third-order valence-corrected chi connectivity index (χ3v) is 4.99. The Morgan fingerprint density at radius 2 is 1.76 bits per heavy atom. The first-order valence-electron chi connectivity index (χ1n) is 8.96. The van der Waals surface area contributed by atoms with Gasteiger partial charge in [-0.2, -0.15) is 0 Å². The Kier molecular flexibility index (Phi) is 4.38. The first-order chi connectivity index (χ1) is 12.2. The Morgan fingerprint density at radius 3 is 2.56 bits per heavy atom. The van der Waals surface area contributed by atoms with Gasteiger partial charge in [0, 0.05) is 30.8 Å². The maximum Gasteiger partial charge on any atom is 0.315 e. The van der Waals surface area contributed by atoms with Crippen LogP contribution in [0.4, 0.5) is 10.5 Å². The maximum absolute atomic E-state index is 12.4. The van der Waals surface area contributed by atoms with E-state index in [9.17, 15) is 9.59 Å². The molecule has 0 bridgehead atoms. The molecular weight excluding hydrogens is 322 g/mol. The zero-order valence-corrected chi connectivity index (χ0v) is 14.1. The van der Waals surface area contributed by atoms with Crippen molar-refractivity contribution in [2.24, 2.45) is 0 Å². The first-order valence-corrected chi connectivity index (χ1v) is 8.96. The number of anilines is 1. The van der Waals surface area contributed by atoms with Crippen LogP contribution in [0.25, 0.3) is 0 Å². The summed E-state index contributed by atoms with van der Waals surface area (Å²) in [5, 5.41) is 5.93. The summed E-state index contributed by atoms with van der Waals surface area (Å²) in [6, 6.07) is 5.42. The number of rotatable bonds is 3. The molecule has 2 fully saturated rings. The molecular formula is C18H23N3O4. The average molecular weight is 345 g/mol. The molecule has 1 aromatic rings. The van der Waals surface area contributed by atoms with Crippen molar-refractivity contribution in [3.8, 4) is 11.5 Å². The predicted molar refractivity (Wildman–Crippen MR) is 92.1 cm³/mol. The summed E-state index contributed by atoms with van der Waals surface area (Å²) in [6.45, 7) is 1.52. The number of hydrogen-bond donors (Lipinski definition) is 2. The van der Waals surface area contributed by atoms with Gasteiger partial charge in [-0.25, -0.2) is 4.79 Å². The zero-order chi connectivity index (χ0) is 17.2. The van der Waals surface area contributed by atoms with Gasteiger partial charge in [0.15, 0.2) is 11.5 Å². The van der Waals surface area contributed by atoms with Crippen LogP contribution in [0.3, 0.4) is 0 Å². The molecule has 1 saturated heterocycles. The normalized spacial score (nSPS) is 23.0. The fourth-order valence-electron chi connectivity index (χ4n) is 3.74. The lowest BCUT2D eigenvalue weighted by atomic mass is 10.2. The summed E-state index contributed by atoms with van der Waals surface area (Å²) < 4.78 is 11.1. The number of urea groups is 1. The monoisotopic (exact) mass is 345 g/mol. The molecule has 4 rings (SSSR count). The van der Waals surface area contributed by atoms with Crippen molar-refractivity contribution in [3.63, 3.8) is 0 Å². The lowest BCUT2D eigenvalue weighted by Gasteiger charge is -2.22. The molecule has 1 atom stereocenters. The molecule has 0 unspecified atom stereocenters. The number of benzene rings is 1. The van der Waals surface area contributed by atoms with Crippen LogP contribution < -0.4 is 25.0 Å². The highest BCUT2D eigenvalue weighted by Crippen LogP contribution is 2.35. The van der Waals surface area contributed by atoms with Gasteiger partial charge in [0.25, 0.3) is 0 Å². The van der Waals surface area contributed by atoms with Crippen LogP contribution in [0.2, 0.25) is 0 Å². The van der Waals surface area contributed by atoms with E-state index >= 15 is 0 Å². The van der Waals surface area contributed by atoms with E-state index in [1.807, 2.05) is 18.2 Å². The Labute approximate surface area is 146 Å². The lowest BCUT2D eigenvalue weighted by Crippen LogP contribution is -2.46. The number of amides is 3. The van der Waals surface area contributed by atoms with E-state index in [1.54, 1.807) is 4.90 Å². The zero-order valence-electron chi connectivity index (χ0n) is 14.1. The van der Waals surface area contributed by atoms with Gasteiger partial charge in [-0.1, -0.05) is 12.8 Å². The quantitative estimate of drug-likeness (QED) is 0.875. The number of nitrogens with zero attached hydrogens (tertiary/aromatic N) is 1. The summed E-state index contributed by atoms with van der Waals surface area (Å²) >= 11 is 0. The van der Waals surface area contributed by atoms with E-state index in [-0.39, 0.29) is 24.0 Å². The number of hydrogen-bond acceptors (Lipinski definition) is 4. The van der Waals surface area contributed by atoms with Crippen molar-refractivity contribution in [2.75, 3.05) is 24.7 Å². The number of fused-ring (bicyclic) bond motifs is 1. The largest absolute Gasteiger partial charge is 0.486 e. The standard InChI is InChI=1S/C18H23N3O4/c22-17-9-13(20-18(23)19-12-3-1-2-4-12)11-21(17)14-5-6-15-16(10-14)25-8-7-24-15/h5-6,10,12-13H,1-4,7-9,11H2,(H2,19,20,23)/t13-/m0/s1. The molecule has 2 aliphatic heterocycles. The molecule has 2 N–H and O–H groups in total. The van der Waals surface area contributed by atoms with E-state index in [4.69, 9.17) is 9.47 Å². The topological polar surface area (TPSA) is 79.9 Å². The summed E-state index contributed by atoms with van der Waals surface area (Å²) in [5.74, 6) is 1.36. The molecule has 134 valence electrons. The molecule has 25 heavy (non-hydrogen) atoms. The summed E-state index contributed by atoms with van der Waals surface area (Å²) in [4.78, 5) is 26.2. The Bertz CT molecular complexity index is 672. The fourth-order valence-corrected chi connectivity index (χ4v) is 3.74. The maximum atomic E-state index is 12.4. The minimum Gasteiger partial charge on any atom is -0.486 e. The third kappa shape index (κ3) is 3.50. The molecule has 3 aliphatic rings. The van der Waals surface area contributed by atoms with E-state index in [1.165, 1.54) is 12.8 Å². The Morgan fingerprint density at radius 1 is 1.04 bits per heavy atom. The van der Waals surface area contributed by atoms with E-state index in [0.29, 0.717) is 37.7 Å². The van der Waals surface area contributed by atoms with Gasteiger partial charge in [-0.3, -0.25) is 4.79 Å². The molecule has 3 amide bonds. The minimum absolute atomic E-state index is 0.00263. The molecule has 1 saturated carbocycles. The minimum atomic E-state index is -0.179. The van der Waals surface area contributed by atoms with Crippen molar-refractivity contribution < 1.29 is 19.1 Å². The number of ether oxygens (including phenoxy) is 2. The highest BCUT2D eigenvalue weighted by molar-refractivity contribution is 5.97. The second-order valence-corrected chi connectivity index (χ2v) is 6.83. The van der Waals surface area contributed by atoms with Crippen LogP contribution in [-0.4, -0.2) is 43.8 Å². The average Bonchev–Trinajstić information content (AvgIpc) is 3.24. The van der Waals surface area contributed by atoms with Gasteiger partial charge < -0.3 is 25.0 Å². The van der Waals surface area contributed by atoms with Crippen molar-refractivity contribution in [3.05, 3.63) is 18.2 Å². The van der Waals surface area contributed by atoms with E-state index in [2.05, 4.69) is 10.6 Å². The van der Waals surface area contributed by atoms with Gasteiger partial charge >= 0.3 is 6.03 Å². The highest BCUT2D eigenvalue weighted by atomic mass is 16.6. The van der Waals surface area contributed by atoms with Gasteiger partial charge in [-0.05, 0) is 25.0 Å². The third-order valence-electron chi connectivity index (χ3n) is 4.99. The van der Waals surface area contributed by atoms with Crippen molar-refractivity contribution in [1.29, 1.82) is 0 Å². The first kappa shape index (κ1) is 16.1. The van der Waals surface area contributed by atoms with Crippen LogP contribution in [-0.2, 0) is 4.79 Å². The van der Waals surface area contributed by atoms with Crippen molar-refractivity contribution >= 4 is 17.6 Å². The number of carbonyl (C=O) groups excluding carboxylic acids is 2. The molecule has 7 heteroatoms. The number of carbonyl (C=O) groups is 2. The van der Waals surface area contributed by atoms with Gasteiger partial charge in [0.05, 0.1) is 6.04 Å². The fraction of sp³-hybridized carbons (Fsp3) is 0.556. The Hall–Kier alpha value is -2.44. The molecule has 2 heterocycles. The smallest absolute Gasteiger partial charge is 0.315 e. The summed E-state index contributed by atoms with van der Waals surface area (Å²) in [6.07, 6.45) is 4.74. The second kappa shape index (κ2) is 6.82. The van der Waals surface area contributed by atoms with Crippen LogP contribution >= 0.6 is 0 Å². The van der Waals surface area contributed by atoms with E-state index in [0.717, 1.165) is 18.5 Å². The highest BCUT2D eigenvalue weighted by Gasteiger charge is 2.32. The van der Waals surface area contributed by atoms with Crippen LogP contribution in [0.1, 0.15) is 32.1 Å².